The van der Waals surface area contributed by atoms with Crippen LogP contribution in [0.15, 0.2) is 96.2 Å². The molecule has 0 aliphatic carbocycles. The summed E-state index contributed by atoms with van der Waals surface area (Å²) < 4.78 is 5.98. The lowest BCUT2D eigenvalue weighted by Gasteiger charge is -2.49. The summed E-state index contributed by atoms with van der Waals surface area (Å²) in [6.45, 7) is -0.608. The summed E-state index contributed by atoms with van der Waals surface area (Å²) in [5.74, 6) is -1.31. The monoisotopic (exact) mass is 530 g/mol. The third kappa shape index (κ3) is 4.96. The molecule has 3 aromatic rings. The van der Waals surface area contributed by atoms with E-state index in [1.54, 1.807) is 24.3 Å². The number of aliphatic hydroxyl groups excluding tert-OH is 2. The Bertz CT molecular complexity index is 1340. The average molecular weight is 531 g/mol. The summed E-state index contributed by atoms with van der Waals surface area (Å²) in [6.07, 6.45) is -0.712. The molecule has 0 aromatic heterocycles. The largest absolute Gasteiger partial charge is 0.448 e. The number of β-lactam (4-membered cyclic amide) rings is 1. The van der Waals surface area contributed by atoms with E-state index in [0.29, 0.717) is 22.5 Å². The van der Waals surface area contributed by atoms with Crippen molar-refractivity contribution in [2.75, 3.05) is 12.4 Å². The SMILES string of the molecule is O=C(OC(c1ccccc1)c1ccccc1)C1=C(CO)CS[C@@H]2[C@@H](NC(=O)c3cccc(CO)c3)C(=O)N12. The number of hydrogen-bond acceptors (Lipinski definition) is 7. The number of carbonyl (C=O) groups excluding carboxylic acids is 3. The van der Waals surface area contributed by atoms with E-state index in [4.69, 9.17) is 4.74 Å². The summed E-state index contributed by atoms with van der Waals surface area (Å²) in [7, 11) is 0. The fraction of sp³-hybridized carbons (Fsp3) is 0.207. The summed E-state index contributed by atoms with van der Waals surface area (Å²) >= 11 is 1.36. The topological polar surface area (TPSA) is 116 Å². The van der Waals surface area contributed by atoms with Gasteiger partial charge < -0.3 is 20.3 Å². The molecule has 2 atom stereocenters. The van der Waals surface area contributed by atoms with Gasteiger partial charge in [0.05, 0.1) is 13.2 Å². The van der Waals surface area contributed by atoms with Crippen molar-refractivity contribution < 1.29 is 29.3 Å². The maximum Gasteiger partial charge on any atom is 0.356 e. The van der Waals surface area contributed by atoms with Gasteiger partial charge in [0.15, 0.2) is 6.10 Å². The number of ether oxygens (including phenoxy) is 1. The molecule has 9 heteroatoms. The van der Waals surface area contributed by atoms with E-state index in [0.717, 1.165) is 11.1 Å². The van der Waals surface area contributed by atoms with Crippen molar-refractivity contribution in [3.8, 4) is 0 Å². The highest BCUT2D eigenvalue weighted by Crippen LogP contribution is 2.41. The van der Waals surface area contributed by atoms with Crippen LogP contribution in [0.2, 0.25) is 0 Å². The number of esters is 1. The second-order valence-electron chi connectivity index (χ2n) is 8.94. The van der Waals surface area contributed by atoms with Crippen molar-refractivity contribution >= 4 is 29.5 Å². The highest BCUT2D eigenvalue weighted by Gasteiger charge is 2.54. The molecule has 8 nitrogen and oxygen atoms in total. The van der Waals surface area contributed by atoms with E-state index in [-0.39, 0.29) is 12.3 Å². The van der Waals surface area contributed by atoms with Crippen molar-refractivity contribution in [2.45, 2.75) is 24.1 Å². The van der Waals surface area contributed by atoms with Gasteiger partial charge in [0.25, 0.3) is 11.8 Å². The molecular weight excluding hydrogens is 504 g/mol. The molecule has 1 saturated heterocycles. The van der Waals surface area contributed by atoms with Crippen LogP contribution < -0.4 is 5.32 Å². The van der Waals surface area contributed by atoms with Crippen LogP contribution in [0.3, 0.4) is 0 Å². The smallest absolute Gasteiger partial charge is 0.356 e. The first-order valence-corrected chi connectivity index (χ1v) is 13.2. The summed E-state index contributed by atoms with van der Waals surface area (Å²) in [4.78, 5) is 40.9. The van der Waals surface area contributed by atoms with Gasteiger partial charge in [-0.15, -0.1) is 11.8 Å². The van der Waals surface area contributed by atoms with Crippen LogP contribution in [0.1, 0.15) is 33.2 Å². The van der Waals surface area contributed by atoms with Crippen molar-refractivity contribution in [3.05, 3.63) is 118 Å². The first-order valence-electron chi connectivity index (χ1n) is 12.1. The fourth-order valence-electron chi connectivity index (χ4n) is 4.58. The van der Waals surface area contributed by atoms with Gasteiger partial charge in [0, 0.05) is 11.3 Å². The van der Waals surface area contributed by atoms with Gasteiger partial charge in [-0.05, 0) is 34.4 Å². The zero-order valence-corrected chi connectivity index (χ0v) is 21.1. The molecule has 2 aliphatic rings. The Hall–Kier alpha value is -3.92. The van der Waals surface area contributed by atoms with Gasteiger partial charge in [0.2, 0.25) is 0 Å². The van der Waals surface area contributed by atoms with E-state index in [1.807, 2.05) is 60.7 Å². The molecule has 38 heavy (non-hydrogen) atoms. The molecule has 2 aliphatic heterocycles. The van der Waals surface area contributed by atoms with Crippen molar-refractivity contribution in [3.63, 3.8) is 0 Å². The molecule has 1 fully saturated rings. The Balaban J connectivity index is 1.37. The van der Waals surface area contributed by atoms with E-state index < -0.39 is 41.9 Å². The molecule has 3 aromatic carbocycles. The molecule has 5 rings (SSSR count). The molecule has 0 bridgehead atoms. The van der Waals surface area contributed by atoms with Gasteiger partial charge in [-0.1, -0.05) is 72.8 Å². The number of carbonyl (C=O) groups is 3. The number of amides is 2. The molecule has 2 amide bonds. The summed E-state index contributed by atoms with van der Waals surface area (Å²) in [5.41, 5.74) is 2.85. The standard InChI is InChI=1S/C29H26N2O6S/c32-15-18-8-7-13-21(14-18)26(34)30-23-27(35)31-24(22(16-33)17-38-28(23)31)29(36)37-25(19-9-3-1-4-10-19)20-11-5-2-6-12-20/h1-14,23,25,28,32-33H,15-17H2,(H,30,34)/t23-,28+/m0/s1. The fourth-order valence-corrected chi connectivity index (χ4v) is 5.91. The lowest BCUT2D eigenvalue weighted by molar-refractivity contribution is -0.153. The van der Waals surface area contributed by atoms with Crippen molar-refractivity contribution in [2.24, 2.45) is 0 Å². The first-order chi connectivity index (χ1) is 18.5. The maximum absolute atomic E-state index is 13.6. The highest BCUT2D eigenvalue weighted by atomic mass is 32.2. The van der Waals surface area contributed by atoms with E-state index in [1.165, 1.54) is 16.7 Å². The zero-order valence-electron chi connectivity index (χ0n) is 20.3. The molecule has 0 radical (unpaired) electrons. The third-order valence-electron chi connectivity index (χ3n) is 6.52. The van der Waals surface area contributed by atoms with Crippen molar-refractivity contribution in [1.82, 2.24) is 10.2 Å². The van der Waals surface area contributed by atoms with Gasteiger partial charge in [-0.2, -0.15) is 0 Å². The van der Waals surface area contributed by atoms with Crippen LogP contribution >= 0.6 is 11.8 Å². The summed E-state index contributed by atoms with van der Waals surface area (Å²) in [6, 6.07) is 24.3. The Morgan fingerprint density at radius 1 is 0.947 bits per heavy atom. The van der Waals surface area contributed by atoms with Crippen LogP contribution in [0, 0.1) is 0 Å². The number of aliphatic hydroxyl groups is 2. The van der Waals surface area contributed by atoms with Gasteiger partial charge in [-0.25, -0.2) is 4.79 Å². The number of benzene rings is 3. The van der Waals surface area contributed by atoms with Crippen LogP contribution in [0.25, 0.3) is 0 Å². The average Bonchev–Trinajstić information content (AvgIpc) is 2.98. The van der Waals surface area contributed by atoms with Gasteiger partial charge >= 0.3 is 5.97 Å². The zero-order chi connectivity index (χ0) is 26.6. The second kappa shape index (κ2) is 11.2. The van der Waals surface area contributed by atoms with Crippen LogP contribution in [-0.2, 0) is 20.9 Å². The third-order valence-corrected chi connectivity index (χ3v) is 7.86. The Kier molecular flexibility index (Phi) is 7.59. The number of fused-ring (bicyclic) bond motifs is 1. The maximum atomic E-state index is 13.6. The number of hydrogen-bond donors (Lipinski definition) is 3. The van der Waals surface area contributed by atoms with E-state index >= 15 is 0 Å². The Labute approximate surface area is 223 Å². The van der Waals surface area contributed by atoms with E-state index in [2.05, 4.69) is 5.32 Å². The molecule has 0 spiro atoms. The lowest BCUT2D eigenvalue weighted by atomic mass is 10.0. The molecule has 0 unspecified atom stereocenters. The molecular formula is C29H26N2O6S. The van der Waals surface area contributed by atoms with Crippen LogP contribution in [0.4, 0.5) is 0 Å². The quantitative estimate of drug-likeness (QED) is 0.303. The summed E-state index contributed by atoms with van der Waals surface area (Å²) in [5, 5.41) is 21.6. The number of nitrogens with zero attached hydrogens (tertiary/aromatic N) is 1. The number of rotatable bonds is 8. The van der Waals surface area contributed by atoms with Gasteiger partial charge in [0.1, 0.15) is 17.1 Å². The molecule has 2 heterocycles. The number of nitrogens with one attached hydrogen (secondary N) is 1. The minimum Gasteiger partial charge on any atom is -0.448 e. The molecule has 3 N–H and O–H groups in total. The molecule has 0 saturated carbocycles. The van der Waals surface area contributed by atoms with E-state index in [9.17, 15) is 24.6 Å². The predicted octanol–water partition coefficient (Wildman–Crippen LogP) is 2.77. The van der Waals surface area contributed by atoms with Gasteiger partial charge in [-0.3, -0.25) is 14.5 Å². The Morgan fingerprint density at radius 2 is 1.61 bits per heavy atom. The highest BCUT2D eigenvalue weighted by molar-refractivity contribution is 8.00. The van der Waals surface area contributed by atoms with Crippen molar-refractivity contribution in [1.29, 1.82) is 0 Å². The first kappa shape index (κ1) is 25.7. The minimum atomic E-state index is -0.840. The predicted molar refractivity (Wildman–Crippen MR) is 142 cm³/mol. The number of thioether (sulfide) groups is 1. The Morgan fingerprint density at radius 3 is 2.21 bits per heavy atom. The molecule has 194 valence electrons. The lowest BCUT2D eigenvalue weighted by Crippen LogP contribution is -2.70. The van der Waals surface area contributed by atoms with Crippen LogP contribution in [0.5, 0.6) is 0 Å². The minimum absolute atomic E-state index is 0.0193. The normalized spacial score (nSPS) is 18.6. The second-order valence-corrected chi connectivity index (χ2v) is 10.0. The van der Waals surface area contributed by atoms with Crippen LogP contribution in [-0.4, -0.2) is 56.7 Å².